The van der Waals surface area contributed by atoms with Crippen molar-refractivity contribution in [1.29, 1.82) is 0 Å². The zero-order valence-corrected chi connectivity index (χ0v) is 12.1. The number of nitrogens with two attached hydrogens (primary N) is 1. The van der Waals surface area contributed by atoms with Gasteiger partial charge in [0.1, 0.15) is 0 Å². The number of likely N-dealkylation sites (N-methyl/N-ethyl adjacent to an activating group) is 1. The minimum atomic E-state index is -0.0549. The Labute approximate surface area is 123 Å². The number of hydrogen-bond acceptors (Lipinski definition) is 3. The summed E-state index contributed by atoms with van der Waals surface area (Å²) in [5.74, 6) is 5.56. The molecule has 4 nitrogen and oxygen atoms in total. The molecule has 0 bridgehead atoms. The van der Waals surface area contributed by atoms with E-state index in [1.54, 1.807) is 30.1 Å². The predicted octanol–water partition coefficient (Wildman–Crippen LogP) is 1.51. The Morgan fingerprint density at radius 3 is 3.00 bits per heavy atom. The maximum atomic E-state index is 12.4. The summed E-state index contributed by atoms with van der Waals surface area (Å²) < 4.78 is 5.30. The normalized spacial score (nSPS) is 17.4. The highest BCUT2D eigenvalue weighted by molar-refractivity contribution is 6.32. The van der Waals surface area contributed by atoms with E-state index in [4.69, 9.17) is 22.1 Å². The van der Waals surface area contributed by atoms with Crippen LogP contribution in [0.15, 0.2) is 18.2 Å². The van der Waals surface area contributed by atoms with Gasteiger partial charge in [0.2, 0.25) is 0 Å². The Morgan fingerprint density at radius 1 is 1.60 bits per heavy atom. The third kappa shape index (κ3) is 3.31. The molecule has 20 heavy (non-hydrogen) atoms. The molecule has 0 aromatic heterocycles. The van der Waals surface area contributed by atoms with E-state index < -0.39 is 0 Å². The molecule has 1 unspecified atom stereocenters. The van der Waals surface area contributed by atoms with Gasteiger partial charge >= 0.3 is 0 Å². The van der Waals surface area contributed by atoms with Crippen LogP contribution in [0.3, 0.4) is 0 Å². The molecule has 1 aromatic rings. The van der Waals surface area contributed by atoms with Crippen LogP contribution in [0.4, 0.5) is 0 Å². The summed E-state index contributed by atoms with van der Waals surface area (Å²) in [4.78, 5) is 14.1. The lowest BCUT2D eigenvalue weighted by atomic mass is 10.1. The lowest BCUT2D eigenvalue weighted by Gasteiger charge is -2.23. The summed E-state index contributed by atoms with van der Waals surface area (Å²) in [6.45, 7) is 1.58. The Morgan fingerprint density at radius 2 is 2.40 bits per heavy atom. The zero-order valence-electron chi connectivity index (χ0n) is 11.4. The fraction of sp³-hybridized carbons (Fsp3) is 0.400. The molecule has 0 aliphatic carbocycles. The number of carbonyl (C=O) groups is 1. The van der Waals surface area contributed by atoms with E-state index in [1.165, 1.54) is 0 Å². The second-order valence-corrected chi connectivity index (χ2v) is 5.04. The summed E-state index contributed by atoms with van der Waals surface area (Å²) in [7, 11) is 1.79. The summed E-state index contributed by atoms with van der Waals surface area (Å²) in [6.07, 6.45) is 0.871. The first-order valence-electron chi connectivity index (χ1n) is 6.47. The van der Waals surface area contributed by atoms with Gasteiger partial charge in [0.15, 0.2) is 0 Å². The van der Waals surface area contributed by atoms with E-state index in [1.807, 2.05) is 0 Å². The largest absolute Gasteiger partial charge is 0.379 e. The average molecular weight is 293 g/mol. The smallest absolute Gasteiger partial charge is 0.253 e. The van der Waals surface area contributed by atoms with Gasteiger partial charge in [-0.3, -0.25) is 4.79 Å². The van der Waals surface area contributed by atoms with Crippen molar-refractivity contribution < 1.29 is 9.53 Å². The third-order valence-electron chi connectivity index (χ3n) is 3.31. The van der Waals surface area contributed by atoms with Gasteiger partial charge in [-0.25, -0.2) is 0 Å². The van der Waals surface area contributed by atoms with Crippen LogP contribution in [0, 0.1) is 11.8 Å². The molecule has 106 valence electrons. The summed E-state index contributed by atoms with van der Waals surface area (Å²) in [6, 6.07) is 5.27. The highest BCUT2D eigenvalue weighted by atomic mass is 35.5. The molecular weight excluding hydrogens is 276 g/mol. The van der Waals surface area contributed by atoms with E-state index in [0.717, 1.165) is 6.42 Å². The maximum absolute atomic E-state index is 12.4. The highest BCUT2D eigenvalue weighted by Gasteiger charge is 2.25. The first-order valence-corrected chi connectivity index (χ1v) is 6.84. The minimum Gasteiger partial charge on any atom is -0.379 e. The summed E-state index contributed by atoms with van der Waals surface area (Å²) in [5.41, 5.74) is 6.56. The second kappa shape index (κ2) is 6.76. The first-order chi connectivity index (χ1) is 9.63. The van der Waals surface area contributed by atoms with Crippen molar-refractivity contribution >= 4 is 17.5 Å². The van der Waals surface area contributed by atoms with Gasteiger partial charge in [0.25, 0.3) is 5.91 Å². The number of hydrogen-bond donors (Lipinski definition) is 1. The van der Waals surface area contributed by atoms with Crippen LogP contribution in [-0.2, 0) is 4.74 Å². The van der Waals surface area contributed by atoms with E-state index in [2.05, 4.69) is 11.8 Å². The van der Waals surface area contributed by atoms with Crippen LogP contribution < -0.4 is 5.73 Å². The molecule has 2 N–H and O–H groups in total. The van der Waals surface area contributed by atoms with Crippen molar-refractivity contribution in [3.8, 4) is 11.8 Å². The van der Waals surface area contributed by atoms with Gasteiger partial charge in [-0.15, -0.1) is 0 Å². The first kappa shape index (κ1) is 14.9. The van der Waals surface area contributed by atoms with Gasteiger partial charge in [0, 0.05) is 24.8 Å². The van der Waals surface area contributed by atoms with Crippen molar-refractivity contribution in [1.82, 2.24) is 4.90 Å². The van der Waals surface area contributed by atoms with E-state index >= 15 is 0 Å². The number of halogens is 1. The van der Waals surface area contributed by atoms with Gasteiger partial charge in [-0.2, -0.15) is 0 Å². The molecule has 1 aliphatic rings. The summed E-state index contributed by atoms with van der Waals surface area (Å²) in [5, 5.41) is 0.466. The fourth-order valence-electron chi connectivity index (χ4n) is 2.09. The molecule has 1 heterocycles. The fourth-order valence-corrected chi connectivity index (χ4v) is 2.32. The lowest BCUT2D eigenvalue weighted by Crippen LogP contribution is -2.37. The maximum Gasteiger partial charge on any atom is 0.253 e. The molecule has 1 saturated heterocycles. The van der Waals surface area contributed by atoms with Crippen LogP contribution in [0.25, 0.3) is 0 Å². The number of nitrogens with zero attached hydrogens (tertiary/aromatic N) is 1. The van der Waals surface area contributed by atoms with Crippen molar-refractivity contribution in [3.63, 3.8) is 0 Å². The Balaban J connectivity index is 2.16. The van der Waals surface area contributed by atoms with Crippen molar-refractivity contribution in [2.24, 2.45) is 5.73 Å². The highest BCUT2D eigenvalue weighted by Crippen LogP contribution is 2.20. The molecule has 1 fully saturated rings. The Kier molecular flexibility index (Phi) is 5.02. The molecule has 1 aliphatic heterocycles. The Hall–Kier alpha value is -1.54. The van der Waals surface area contributed by atoms with E-state index in [0.29, 0.717) is 29.4 Å². The zero-order chi connectivity index (χ0) is 14.5. The molecule has 1 atom stereocenters. The van der Waals surface area contributed by atoms with Gasteiger partial charge in [-0.1, -0.05) is 23.4 Å². The number of ether oxygens (including phenoxy) is 1. The number of rotatable bonds is 2. The predicted molar refractivity (Wildman–Crippen MR) is 78.7 cm³/mol. The van der Waals surface area contributed by atoms with Crippen LogP contribution in [-0.4, -0.2) is 43.7 Å². The molecule has 0 radical (unpaired) electrons. The quantitative estimate of drug-likeness (QED) is 0.841. The SMILES string of the molecule is CN(C(=O)c1ccc(C#CCN)c(Cl)c1)C1CCOC1. The molecule has 1 aromatic carbocycles. The van der Waals surface area contributed by atoms with Gasteiger partial charge < -0.3 is 15.4 Å². The molecule has 5 heteroatoms. The van der Waals surface area contributed by atoms with Gasteiger partial charge in [-0.05, 0) is 24.6 Å². The van der Waals surface area contributed by atoms with Crippen LogP contribution >= 0.6 is 11.6 Å². The molecular formula is C15H17ClN2O2. The topological polar surface area (TPSA) is 55.6 Å². The molecule has 1 amide bonds. The monoisotopic (exact) mass is 292 g/mol. The Bertz CT molecular complexity index is 557. The van der Waals surface area contributed by atoms with Crippen LogP contribution in [0.2, 0.25) is 5.02 Å². The second-order valence-electron chi connectivity index (χ2n) is 4.63. The molecule has 0 spiro atoms. The third-order valence-corrected chi connectivity index (χ3v) is 3.63. The van der Waals surface area contributed by atoms with Gasteiger partial charge in [0.05, 0.1) is 24.2 Å². The average Bonchev–Trinajstić information content (AvgIpc) is 2.98. The lowest BCUT2D eigenvalue weighted by molar-refractivity contribution is 0.0711. The van der Waals surface area contributed by atoms with E-state index in [-0.39, 0.29) is 18.5 Å². The van der Waals surface area contributed by atoms with Crippen LogP contribution in [0.1, 0.15) is 22.3 Å². The van der Waals surface area contributed by atoms with Crippen molar-refractivity contribution in [2.75, 3.05) is 26.8 Å². The van der Waals surface area contributed by atoms with Crippen LogP contribution in [0.5, 0.6) is 0 Å². The number of amides is 1. The van der Waals surface area contributed by atoms with E-state index in [9.17, 15) is 4.79 Å². The van der Waals surface area contributed by atoms with Crippen molar-refractivity contribution in [2.45, 2.75) is 12.5 Å². The van der Waals surface area contributed by atoms with Crippen molar-refractivity contribution in [3.05, 3.63) is 34.3 Å². The number of benzene rings is 1. The molecule has 0 saturated carbocycles. The number of carbonyl (C=O) groups excluding carboxylic acids is 1. The molecule has 2 rings (SSSR count). The standard InChI is InChI=1S/C15H17ClN2O2/c1-18(13-6-8-20-10-13)15(19)12-5-4-11(3-2-7-17)14(16)9-12/h4-5,9,13H,6-8,10,17H2,1H3. The summed E-state index contributed by atoms with van der Waals surface area (Å²) >= 11 is 6.13. The minimum absolute atomic E-state index is 0.0549.